The molecule has 2 aliphatic rings. The molecule has 156 valence electrons. The van der Waals surface area contributed by atoms with Crippen LogP contribution in [0.1, 0.15) is 23.3 Å². The summed E-state index contributed by atoms with van der Waals surface area (Å²) in [5, 5.41) is 11.1. The van der Waals surface area contributed by atoms with E-state index in [4.69, 9.17) is 16.3 Å². The molecule has 1 aromatic carbocycles. The number of nitrogens with zero attached hydrogens (tertiary/aromatic N) is 3. The first-order valence-electron chi connectivity index (χ1n) is 10.00. The molecule has 1 aliphatic heterocycles. The zero-order valence-corrected chi connectivity index (χ0v) is 16.9. The van der Waals surface area contributed by atoms with Crippen LogP contribution in [0.2, 0.25) is 5.02 Å². The van der Waals surface area contributed by atoms with Gasteiger partial charge in [0.05, 0.1) is 11.1 Å². The molecular weight excluding hydrogens is 409 g/mol. The Bertz CT molecular complexity index is 1100. The van der Waals surface area contributed by atoms with Crippen molar-refractivity contribution in [2.75, 3.05) is 13.1 Å². The van der Waals surface area contributed by atoms with Crippen molar-refractivity contribution in [3.63, 3.8) is 0 Å². The van der Waals surface area contributed by atoms with Gasteiger partial charge in [-0.15, -0.1) is 0 Å². The number of benzene rings is 1. The maximum atomic E-state index is 13.4. The summed E-state index contributed by atoms with van der Waals surface area (Å²) in [7, 11) is 0. The van der Waals surface area contributed by atoms with Gasteiger partial charge in [0, 0.05) is 31.5 Å². The predicted molar refractivity (Wildman–Crippen MR) is 109 cm³/mol. The molecular formula is C22H21ClFN3O3. The van der Waals surface area contributed by atoms with Crippen LogP contribution in [0, 0.1) is 17.7 Å². The zero-order chi connectivity index (χ0) is 20.8. The number of hydrogen-bond donors (Lipinski definition) is 1. The highest BCUT2D eigenvalue weighted by Crippen LogP contribution is 2.38. The van der Waals surface area contributed by atoms with E-state index in [0.717, 1.165) is 0 Å². The molecule has 0 radical (unpaired) electrons. The highest BCUT2D eigenvalue weighted by atomic mass is 35.5. The van der Waals surface area contributed by atoms with Crippen molar-refractivity contribution in [3.05, 3.63) is 65.3 Å². The van der Waals surface area contributed by atoms with Gasteiger partial charge in [0.1, 0.15) is 29.0 Å². The zero-order valence-electron chi connectivity index (χ0n) is 16.1. The van der Waals surface area contributed by atoms with E-state index >= 15 is 0 Å². The lowest BCUT2D eigenvalue weighted by atomic mass is 9.78. The van der Waals surface area contributed by atoms with Crippen molar-refractivity contribution in [3.8, 4) is 5.75 Å². The van der Waals surface area contributed by atoms with Crippen LogP contribution >= 0.6 is 11.6 Å². The van der Waals surface area contributed by atoms with Gasteiger partial charge in [-0.3, -0.25) is 4.79 Å². The van der Waals surface area contributed by atoms with Crippen LogP contribution in [0.4, 0.5) is 4.39 Å². The van der Waals surface area contributed by atoms with Crippen molar-refractivity contribution < 1.29 is 19.0 Å². The average molecular weight is 430 g/mol. The molecule has 1 N–H and O–H groups in total. The summed E-state index contributed by atoms with van der Waals surface area (Å²) in [5.41, 5.74) is 1.04. The number of ether oxygens (including phenoxy) is 1. The van der Waals surface area contributed by atoms with Crippen LogP contribution in [0.3, 0.4) is 0 Å². The molecule has 2 fully saturated rings. The van der Waals surface area contributed by atoms with E-state index in [-0.39, 0.29) is 23.6 Å². The molecule has 1 saturated carbocycles. The highest BCUT2D eigenvalue weighted by Gasteiger charge is 2.44. The number of imidazole rings is 1. The second kappa shape index (κ2) is 7.56. The number of rotatable bonds is 3. The van der Waals surface area contributed by atoms with Gasteiger partial charge in [-0.05, 0) is 48.9 Å². The molecule has 1 aliphatic carbocycles. The van der Waals surface area contributed by atoms with Crippen molar-refractivity contribution in [1.29, 1.82) is 0 Å². The smallest absolute Gasteiger partial charge is 0.274 e. The molecule has 2 aromatic heterocycles. The number of amides is 1. The van der Waals surface area contributed by atoms with Gasteiger partial charge in [0.2, 0.25) is 0 Å². The predicted octanol–water partition coefficient (Wildman–Crippen LogP) is 3.42. The van der Waals surface area contributed by atoms with E-state index in [9.17, 15) is 14.3 Å². The summed E-state index contributed by atoms with van der Waals surface area (Å²) in [5.74, 6) is 0.348. The Hall–Kier alpha value is -2.64. The van der Waals surface area contributed by atoms with Crippen molar-refractivity contribution >= 4 is 23.2 Å². The molecule has 5 rings (SSSR count). The molecule has 3 aromatic rings. The van der Waals surface area contributed by atoms with Gasteiger partial charge in [0.15, 0.2) is 0 Å². The molecule has 0 spiro atoms. The summed E-state index contributed by atoms with van der Waals surface area (Å²) in [4.78, 5) is 19.2. The summed E-state index contributed by atoms with van der Waals surface area (Å²) < 4.78 is 21.0. The van der Waals surface area contributed by atoms with E-state index in [0.29, 0.717) is 48.0 Å². The Morgan fingerprint density at radius 1 is 1.17 bits per heavy atom. The number of aliphatic hydroxyl groups is 1. The molecule has 0 bridgehead atoms. The monoisotopic (exact) mass is 429 g/mol. The number of fused-ring (bicyclic) bond motifs is 2. The van der Waals surface area contributed by atoms with Crippen LogP contribution in [0.25, 0.3) is 5.65 Å². The molecule has 30 heavy (non-hydrogen) atoms. The van der Waals surface area contributed by atoms with Crippen molar-refractivity contribution in [2.45, 2.75) is 25.0 Å². The van der Waals surface area contributed by atoms with Gasteiger partial charge in [-0.2, -0.15) is 0 Å². The van der Waals surface area contributed by atoms with Gasteiger partial charge in [-0.1, -0.05) is 17.7 Å². The van der Waals surface area contributed by atoms with Gasteiger partial charge in [0.25, 0.3) is 5.91 Å². The van der Waals surface area contributed by atoms with Gasteiger partial charge < -0.3 is 19.1 Å². The Kier molecular flexibility index (Phi) is 4.87. The minimum atomic E-state index is -0.651. The van der Waals surface area contributed by atoms with Crippen LogP contribution in [-0.2, 0) is 0 Å². The summed E-state index contributed by atoms with van der Waals surface area (Å²) in [6.45, 7) is 1.18. The largest absolute Gasteiger partial charge is 0.488 e. The first-order chi connectivity index (χ1) is 14.5. The third kappa shape index (κ3) is 3.63. The van der Waals surface area contributed by atoms with Crippen molar-refractivity contribution in [1.82, 2.24) is 14.3 Å². The number of aliphatic hydroxyl groups excluding tert-OH is 1. The fourth-order valence-electron chi connectivity index (χ4n) is 4.63. The van der Waals surface area contributed by atoms with E-state index in [1.165, 1.54) is 12.1 Å². The number of carbonyl (C=O) groups excluding carboxylic acids is 1. The Morgan fingerprint density at radius 2 is 1.97 bits per heavy atom. The lowest BCUT2D eigenvalue weighted by Gasteiger charge is -2.35. The van der Waals surface area contributed by atoms with Crippen LogP contribution in [-0.4, -0.2) is 50.6 Å². The first-order valence-corrected chi connectivity index (χ1v) is 10.4. The first kappa shape index (κ1) is 19.3. The molecule has 1 saturated heterocycles. The molecule has 1 amide bonds. The minimum Gasteiger partial charge on any atom is -0.488 e. The average Bonchev–Trinajstić information content (AvgIpc) is 3.31. The lowest BCUT2D eigenvalue weighted by Crippen LogP contribution is -2.42. The molecule has 4 atom stereocenters. The number of pyridine rings is 1. The van der Waals surface area contributed by atoms with Gasteiger partial charge >= 0.3 is 0 Å². The minimum absolute atomic E-state index is 0.124. The van der Waals surface area contributed by atoms with Crippen LogP contribution < -0.4 is 4.74 Å². The maximum absolute atomic E-state index is 13.4. The molecule has 6 nitrogen and oxygen atoms in total. The fraction of sp³-hybridized carbons (Fsp3) is 0.364. The second-order valence-corrected chi connectivity index (χ2v) is 8.56. The number of aromatic nitrogens is 2. The Balaban J connectivity index is 1.28. The fourth-order valence-corrected chi connectivity index (χ4v) is 4.80. The lowest BCUT2D eigenvalue weighted by molar-refractivity contribution is -0.0232. The second-order valence-electron chi connectivity index (χ2n) is 8.12. The topological polar surface area (TPSA) is 67.1 Å². The summed E-state index contributed by atoms with van der Waals surface area (Å²) in [6, 6.07) is 9.45. The normalized spacial score (nSPS) is 26.0. The number of hydrogen-bond acceptors (Lipinski definition) is 4. The Labute approximate surface area is 177 Å². The highest BCUT2D eigenvalue weighted by molar-refractivity contribution is 6.30. The summed E-state index contributed by atoms with van der Waals surface area (Å²) in [6.07, 6.45) is 3.51. The van der Waals surface area contributed by atoms with E-state index in [1.54, 1.807) is 46.0 Å². The quantitative estimate of drug-likeness (QED) is 0.692. The van der Waals surface area contributed by atoms with E-state index in [1.807, 2.05) is 0 Å². The molecule has 8 heteroatoms. The number of carbonyl (C=O) groups is 1. The van der Waals surface area contributed by atoms with E-state index in [2.05, 4.69) is 4.98 Å². The van der Waals surface area contributed by atoms with Crippen LogP contribution in [0.5, 0.6) is 5.75 Å². The SMILES string of the molecule is O=C(c1cn2cc(Cl)ccc2n1)N1C[C@H]2C[C@@H](Oc3cccc(F)c3)[C@H](O)C[C@H]2C1. The summed E-state index contributed by atoms with van der Waals surface area (Å²) >= 11 is 6.01. The maximum Gasteiger partial charge on any atom is 0.274 e. The standard InChI is InChI=1S/C22H21ClFN3O3/c23-15-4-5-21-25-18(12-26(21)11-15)22(29)27-9-13-6-19(28)20(7-14(13)10-27)30-17-3-1-2-16(24)8-17/h1-5,8,11-14,19-20,28H,6-7,9-10H2/t13-,14+,19+,20+/m0/s1. The Morgan fingerprint density at radius 3 is 2.77 bits per heavy atom. The van der Waals surface area contributed by atoms with Crippen LogP contribution in [0.15, 0.2) is 48.8 Å². The van der Waals surface area contributed by atoms with E-state index < -0.39 is 12.2 Å². The number of likely N-dealkylation sites (tertiary alicyclic amines) is 1. The molecule has 3 heterocycles. The van der Waals surface area contributed by atoms with Gasteiger partial charge in [-0.25, -0.2) is 9.37 Å². The van der Waals surface area contributed by atoms with Crippen molar-refractivity contribution in [2.24, 2.45) is 11.8 Å². The third-order valence-corrected chi connectivity index (χ3v) is 6.31. The molecule has 0 unspecified atom stereocenters. The number of halogens is 2. The third-order valence-electron chi connectivity index (χ3n) is 6.09.